The third-order valence-corrected chi connectivity index (χ3v) is 9.74. The van der Waals surface area contributed by atoms with Gasteiger partial charge in [-0.25, -0.2) is 9.97 Å². The zero-order valence-corrected chi connectivity index (χ0v) is 27.1. The van der Waals surface area contributed by atoms with Gasteiger partial charge in [0.25, 0.3) is 0 Å². The molecule has 0 aliphatic heterocycles. The Morgan fingerprint density at radius 3 is 1.54 bits per heavy atom. The number of hydrogen-bond donors (Lipinski definition) is 0. The fraction of sp³-hybridized carbons (Fsp3) is 0. The smallest absolute Gasteiger partial charge is 0.162 e. The molecule has 0 bridgehead atoms. The van der Waals surface area contributed by atoms with Crippen molar-refractivity contribution in [2.45, 2.75) is 0 Å². The molecule has 0 aliphatic carbocycles. The molecular weight excluding hydrogens is 609 g/mol. The average molecular weight is 639 g/mol. The van der Waals surface area contributed by atoms with Crippen molar-refractivity contribution >= 4 is 43.7 Å². The van der Waals surface area contributed by atoms with E-state index in [1.807, 2.05) is 6.07 Å². The molecule has 0 aliphatic rings. The first-order chi connectivity index (χ1) is 24.8. The molecule has 4 nitrogen and oxygen atoms in total. The van der Waals surface area contributed by atoms with Crippen LogP contribution >= 0.6 is 0 Å². The van der Waals surface area contributed by atoms with E-state index in [0.29, 0.717) is 5.82 Å². The number of nitrogens with zero attached hydrogens (tertiary/aromatic N) is 4. The molecular formula is C46H30N4. The van der Waals surface area contributed by atoms with Crippen LogP contribution in [0.3, 0.4) is 0 Å². The number of fused-ring (bicyclic) bond motifs is 6. The van der Waals surface area contributed by atoms with Crippen molar-refractivity contribution < 1.29 is 0 Å². The normalized spacial score (nSPS) is 11.6. The SMILES string of the molecule is c1ccc(-c2ccc(-c3nc(-c4ccc5c(c4)c4ccccc4n5-c4ccccc4)c4c5ccccc5n(-c5ccccc5)c4n3)cc2)cc1. The molecule has 0 spiro atoms. The molecule has 3 aromatic heterocycles. The van der Waals surface area contributed by atoms with Crippen molar-refractivity contribution in [3.05, 3.63) is 182 Å². The predicted molar refractivity (Wildman–Crippen MR) is 207 cm³/mol. The highest BCUT2D eigenvalue weighted by molar-refractivity contribution is 6.16. The van der Waals surface area contributed by atoms with E-state index in [-0.39, 0.29) is 0 Å². The maximum atomic E-state index is 5.42. The summed E-state index contributed by atoms with van der Waals surface area (Å²) in [6.45, 7) is 0. The zero-order valence-electron chi connectivity index (χ0n) is 27.1. The topological polar surface area (TPSA) is 35.6 Å². The van der Waals surface area contributed by atoms with Gasteiger partial charge >= 0.3 is 0 Å². The summed E-state index contributed by atoms with van der Waals surface area (Å²) in [6, 6.07) is 64.2. The van der Waals surface area contributed by atoms with Crippen LogP contribution < -0.4 is 0 Å². The molecule has 7 aromatic carbocycles. The van der Waals surface area contributed by atoms with Gasteiger partial charge in [-0.2, -0.15) is 0 Å². The van der Waals surface area contributed by atoms with Gasteiger partial charge in [-0.05, 0) is 59.7 Å². The molecule has 4 heteroatoms. The van der Waals surface area contributed by atoms with E-state index in [4.69, 9.17) is 9.97 Å². The molecule has 234 valence electrons. The van der Waals surface area contributed by atoms with Crippen LogP contribution in [0, 0.1) is 0 Å². The molecule has 0 saturated heterocycles. The van der Waals surface area contributed by atoms with Crippen LogP contribution in [0.2, 0.25) is 0 Å². The predicted octanol–water partition coefficient (Wildman–Crippen LogP) is 11.7. The first kappa shape index (κ1) is 28.3. The molecule has 0 amide bonds. The molecule has 0 radical (unpaired) electrons. The lowest BCUT2D eigenvalue weighted by Crippen LogP contribution is -1.99. The van der Waals surface area contributed by atoms with Gasteiger partial charge in [0.05, 0.1) is 27.6 Å². The summed E-state index contributed by atoms with van der Waals surface area (Å²) < 4.78 is 4.63. The molecule has 0 saturated carbocycles. The van der Waals surface area contributed by atoms with E-state index in [1.165, 1.54) is 21.9 Å². The van der Waals surface area contributed by atoms with Crippen molar-refractivity contribution in [2.24, 2.45) is 0 Å². The molecule has 3 heterocycles. The Morgan fingerprint density at radius 1 is 0.340 bits per heavy atom. The zero-order chi connectivity index (χ0) is 33.0. The van der Waals surface area contributed by atoms with Gasteiger partial charge in [0.1, 0.15) is 5.65 Å². The Morgan fingerprint density at radius 2 is 0.840 bits per heavy atom. The molecule has 10 aromatic rings. The Hall–Kier alpha value is -6.78. The maximum Gasteiger partial charge on any atom is 0.162 e. The second-order valence-electron chi connectivity index (χ2n) is 12.6. The van der Waals surface area contributed by atoms with Crippen molar-refractivity contribution in [2.75, 3.05) is 0 Å². The number of benzene rings is 7. The molecule has 0 N–H and O–H groups in total. The molecule has 0 atom stereocenters. The van der Waals surface area contributed by atoms with Crippen LogP contribution in [0.25, 0.3) is 88.9 Å². The summed E-state index contributed by atoms with van der Waals surface area (Å²) in [5.74, 6) is 0.693. The van der Waals surface area contributed by atoms with Gasteiger partial charge in [0.15, 0.2) is 5.82 Å². The quantitative estimate of drug-likeness (QED) is 0.188. The van der Waals surface area contributed by atoms with Crippen LogP contribution in [-0.4, -0.2) is 19.1 Å². The van der Waals surface area contributed by atoms with Crippen LogP contribution in [0.5, 0.6) is 0 Å². The molecule has 0 fully saturated rings. The summed E-state index contributed by atoms with van der Waals surface area (Å²) in [5.41, 5.74) is 11.8. The van der Waals surface area contributed by atoms with Crippen molar-refractivity contribution in [1.82, 2.24) is 19.1 Å². The summed E-state index contributed by atoms with van der Waals surface area (Å²) in [4.78, 5) is 10.8. The second-order valence-corrected chi connectivity index (χ2v) is 12.6. The molecule has 50 heavy (non-hydrogen) atoms. The van der Waals surface area contributed by atoms with E-state index in [9.17, 15) is 0 Å². The highest BCUT2D eigenvalue weighted by Crippen LogP contribution is 2.41. The Kier molecular flexibility index (Phi) is 6.46. The largest absolute Gasteiger partial charge is 0.309 e. The van der Waals surface area contributed by atoms with Gasteiger partial charge in [-0.15, -0.1) is 0 Å². The minimum absolute atomic E-state index is 0.693. The van der Waals surface area contributed by atoms with Gasteiger partial charge < -0.3 is 4.57 Å². The lowest BCUT2D eigenvalue weighted by Gasteiger charge is -2.11. The van der Waals surface area contributed by atoms with Gasteiger partial charge in [0, 0.05) is 38.7 Å². The van der Waals surface area contributed by atoms with E-state index in [0.717, 1.165) is 61.2 Å². The lowest BCUT2D eigenvalue weighted by molar-refractivity contribution is 1.11. The Bertz CT molecular complexity index is 2830. The highest BCUT2D eigenvalue weighted by Gasteiger charge is 2.22. The Balaban J connectivity index is 1.26. The number of para-hydroxylation sites is 4. The molecule has 0 unspecified atom stereocenters. The number of hydrogen-bond acceptors (Lipinski definition) is 2. The summed E-state index contributed by atoms with van der Waals surface area (Å²) >= 11 is 0. The number of rotatable bonds is 5. The third kappa shape index (κ3) is 4.46. The fourth-order valence-electron chi connectivity index (χ4n) is 7.45. The van der Waals surface area contributed by atoms with Gasteiger partial charge in [0.2, 0.25) is 0 Å². The van der Waals surface area contributed by atoms with Gasteiger partial charge in [-0.1, -0.05) is 133 Å². The van der Waals surface area contributed by atoms with Gasteiger partial charge in [-0.3, -0.25) is 4.57 Å². The number of aromatic nitrogens is 4. The average Bonchev–Trinajstić information content (AvgIpc) is 3.71. The fourth-order valence-corrected chi connectivity index (χ4v) is 7.45. The second kappa shape index (κ2) is 11.4. The van der Waals surface area contributed by atoms with Crippen LogP contribution in [0.1, 0.15) is 0 Å². The lowest BCUT2D eigenvalue weighted by atomic mass is 10.0. The first-order valence-corrected chi connectivity index (χ1v) is 16.9. The van der Waals surface area contributed by atoms with Crippen LogP contribution in [0.15, 0.2) is 182 Å². The Labute approximate surface area is 289 Å². The van der Waals surface area contributed by atoms with E-state index in [1.54, 1.807) is 0 Å². The third-order valence-electron chi connectivity index (χ3n) is 9.74. The first-order valence-electron chi connectivity index (χ1n) is 16.9. The monoisotopic (exact) mass is 638 g/mol. The summed E-state index contributed by atoms with van der Waals surface area (Å²) in [6.07, 6.45) is 0. The van der Waals surface area contributed by atoms with Crippen molar-refractivity contribution in [3.8, 4) is 45.1 Å². The molecule has 10 rings (SSSR count). The minimum atomic E-state index is 0.693. The standard InChI is InChI=1S/C46H30N4/c1-4-14-31(15-5-1)32-24-26-33(27-25-32)45-47-44(43-38-21-11-13-23-41(38)50(46(43)48-45)36-18-8-3-9-19-36)34-28-29-42-39(30-34)37-20-10-12-22-40(37)49(42)35-16-6-2-7-17-35/h1-30H. The van der Waals surface area contributed by atoms with Crippen LogP contribution in [-0.2, 0) is 0 Å². The van der Waals surface area contributed by atoms with E-state index >= 15 is 0 Å². The van der Waals surface area contributed by atoms with Crippen molar-refractivity contribution in [3.63, 3.8) is 0 Å². The summed E-state index contributed by atoms with van der Waals surface area (Å²) in [7, 11) is 0. The minimum Gasteiger partial charge on any atom is -0.309 e. The maximum absolute atomic E-state index is 5.42. The van der Waals surface area contributed by atoms with E-state index < -0.39 is 0 Å². The van der Waals surface area contributed by atoms with E-state index in [2.05, 4.69) is 185 Å². The van der Waals surface area contributed by atoms with Crippen molar-refractivity contribution in [1.29, 1.82) is 0 Å². The summed E-state index contributed by atoms with van der Waals surface area (Å²) in [5, 5.41) is 4.57. The van der Waals surface area contributed by atoms with Crippen LogP contribution in [0.4, 0.5) is 0 Å². The highest BCUT2D eigenvalue weighted by atomic mass is 15.1.